The summed E-state index contributed by atoms with van der Waals surface area (Å²) in [5, 5.41) is 18.0. The van der Waals surface area contributed by atoms with Gasteiger partial charge in [0.2, 0.25) is 5.91 Å². The van der Waals surface area contributed by atoms with E-state index in [9.17, 15) is 4.79 Å². The van der Waals surface area contributed by atoms with Gasteiger partial charge in [-0.2, -0.15) is 0 Å². The molecule has 0 saturated carbocycles. The van der Waals surface area contributed by atoms with Crippen LogP contribution in [0.2, 0.25) is 0 Å². The van der Waals surface area contributed by atoms with Crippen molar-refractivity contribution in [2.24, 2.45) is 11.1 Å². The molecule has 18 heavy (non-hydrogen) atoms. The largest absolute Gasteiger partial charge is 0.395 e. The Morgan fingerprint density at radius 2 is 1.56 bits per heavy atom. The summed E-state index contributed by atoms with van der Waals surface area (Å²) in [4.78, 5) is 14.1. The summed E-state index contributed by atoms with van der Waals surface area (Å²) in [5.74, 6) is -0.0307. The van der Waals surface area contributed by atoms with Crippen LogP contribution in [0, 0.1) is 5.41 Å². The van der Waals surface area contributed by atoms with Crippen molar-refractivity contribution in [3.63, 3.8) is 0 Å². The Balaban J connectivity index is 4.98. The maximum Gasteiger partial charge on any atom is 0.230 e. The number of hydrogen-bond acceptors (Lipinski definition) is 4. The van der Waals surface area contributed by atoms with Crippen molar-refractivity contribution in [2.45, 2.75) is 39.5 Å². The fraction of sp³-hybridized carbons (Fsp3) is 0.923. The van der Waals surface area contributed by atoms with Crippen molar-refractivity contribution in [3.05, 3.63) is 0 Å². The summed E-state index contributed by atoms with van der Waals surface area (Å²) in [6.07, 6.45) is 3.30. The number of rotatable bonds is 10. The number of amides is 1. The molecular formula is C13H28N2O3. The molecule has 0 aliphatic rings. The molecule has 0 unspecified atom stereocenters. The molecule has 0 aromatic heterocycles. The van der Waals surface area contributed by atoms with Crippen LogP contribution in [0.3, 0.4) is 0 Å². The highest BCUT2D eigenvalue weighted by Crippen LogP contribution is 2.31. The minimum absolute atomic E-state index is 0.0307. The van der Waals surface area contributed by atoms with Gasteiger partial charge in [-0.3, -0.25) is 4.79 Å². The van der Waals surface area contributed by atoms with Gasteiger partial charge in [0.1, 0.15) is 0 Å². The Labute approximate surface area is 110 Å². The molecule has 5 heteroatoms. The van der Waals surface area contributed by atoms with Gasteiger partial charge in [0.05, 0.1) is 18.6 Å². The Morgan fingerprint density at radius 3 is 1.83 bits per heavy atom. The summed E-state index contributed by atoms with van der Waals surface area (Å²) < 4.78 is 0. The van der Waals surface area contributed by atoms with E-state index in [2.05, 4.69) is 0 Å². The smallest absolute Gasteiger partial charge is 0.230 e. The standard InChI is InChI=1S/C13H28N2O3/c1-3-5-13(11-14,6-4-2)12(18)15(7-9-16)8-10-17/h16-17H,3-11,14H2,1-2H3. The van der Waals surface area contributed by atoms with Gasteiger partial charge in [-0.25, -0.2) is 0 Å². The Bertz CT molecular complexity index is 222. The normalized spacial score (nSPS) is 11.6. The first-order valence-electron chi connectivity index (χ1n) is 6.83. The zero-order valence-electron chi connectivity index (χ0n) is 11.7. The lowest BCUT2D eigenvalue weighted by molar-refractivity contribution is -0.143. The minimum atomic E-state index is -0.534. The lowest BCUT2D eigenvalue weighted by atomic mass is 9.78. The molecule has 0 spiro atoms. The van der Waals surface area contributed by atoms with E-state index in [4.69, 9.17) is 15.9 Å². The van der Waals surface area contributed by atoms with Crippen LogP contribution in [0.25, 0.3) is 0 Å². The van der Waals surface area contributed by atoms with E-state index in [0.29, 0.717) is 6.54 Å². The van der Waals surface area contributed by atoms with Gasteiger partial charge in [-0.15, -0.1) is 0 Å². The van der Waals surface area contributed by atoms with Crippen LogP contribution in [0.4, 0.5) is 0 Å². The summed E-state index contributed by atoms with van der Waals surface area (Å²) >= 11 is 0. The predicted octanol–water partition coefficient (Wildman–Crippen LogP) is 0.345. The van der Waals surface area contributed by atoms with Crippen LogP contribution in [0.15, 0.2) is 0 Å². The van der Waals surface area contributed by atoms with E-state index >= 15 is 0 Å². The average molecular weight is 260 g/mol. The van der Waals surface area contributed by atoms with Crippen LogP contribution in [-0.2, 0) is 4.79 Å². The molecular weight excluding hydrogens is 232 g/mol. The van der Waals surface area contributed by atoms with Gasteiger partial charge < -0.3 is 20.8 Å². The van der Waals surface area contributed by atoms with Crippen molar-refractivity contribution in [1.82, 2.24) is 4.90 Å². The minimum Gasteiger partial charge on any atom is -0.395 e. The van der Waals surface area contributed by atoms with Crippen molar-refractivity contribution >= 4 is 5.91 Å². The van der Waals surface area contributed by atoms with E-state index < -0.39 is 5.41 Å². The third-order valence-corrected chi connectivity index (χ3v) is 3.33. The second kappa shape index (κ2) is 9.30. The summed E-state index contributed by atoms with van der Waals surface area (Å²) in [6.45, 7) is 4.73. The van der Waals surface area contributed by atoms with Gasteiger partial charge in [0.25, 0.3) is 0 Å². The number of aliphatic hydroxyl groups is 2. The first-order valence-corrected chi connectivity index (χ1v) is 6.83. The van der Waals surface area contributed by atoms with E-state index in [-0.39, 0.29) is 32.2 Å². The molecule has 0 rings (SSSR count). The van der Waals surface area contributed by atoms with E-state index in [0.717, 1.165) is 25.7 Å². The fourth-order valence-electron chi connectivity index (χ4n) is 2.48. The molecule has 0 aliphatic heterocycles. The molecule has 0 radical (unpaired) electrons. The lowest BCUT2D eigenvalue weighted by Crippen LogP contribution is -2.49. The first-order chi connectivity index (χ1) is 8.61. The van der Waals surface area contributed by atoms with Crippen LogP contribution in [-0.4, -0.2) is 53.9 Å². The Morgan fingerprint density at radius 1 is 1.11 bits per heavy atom. The van der Waals surface area contributed by atoms with E-state index in [1.54, 1.807) is 0 Å². The number of nitrogens with zero attached hydrogens (tertiary/aromatic N) is 1. The molecule has 0 saturated heterocycles. The first kappa shape index (κ1) is 17.4. The quantitative estimate of drug-likeness (QED) is 0.529. The molecule has 0 heterocycles. The maximum absolute atomic E-state index is 12.6. The zero-order valence-corrected chi connectivity index (χ0v) is 11.7. The van der Waals surface area contributed by atoms with Gasteiger partial charge >= 0.3 is 0 Å². The molecule has 1 amide bonds. The molecule has 0 bridgehead atoms. The topological polar surface area (TPSA) is 86.8 Å². The van der Waals surface area contributed by atoms with E-state index in [1.807, 2.05) is 13.8 Å². The highest BCUT2D eigenvalue weighted by atomic mass is 16.3. The number of carbonyl (C=O) groups is 1. The number of nitrogens with two attached hydrogens (primary N) is 1. The number of aliphatic hydroxyl groups excluding tert-OH is 2. The van der Waals surface area contributed by atoms with Crippen molar-refractivity contribution in [3.8, 4) is 0 Å². The average Bonchev–Trinajstić information content (AvgIpc) is 2.37. The van der Waals surface area contributed by atoms with Crippen LogP contribution < -0.4 is 5.73 Å². The molecule has 0 aromatic carbocycles. The molecule has 5 nitrogen and oxygen atoms in total. The molecule has 0 fully saturated rings. The molecule has 0 aromatic rings. The van der Waals surface area contributed by atoms with Crippen LogP contribution >= 0.6 is 0 Å². The Kier molecular flexibility index (Phi) is 8.97. The zero-order chi connectivity index (χ0) is 14.0. The van der Waals surface area contributed by atoms with Crippen LogP contribution in [0.1, 0.15) is 39.5 Å². The van der Waals surface area contributed by atoms with Gasteiger partial charge in [0.15, 0.2) is 0 Å². The number of hydrogen-bond donors (Lipinski definition) is 3. The van der Waals surface area contributed by atoms with Crippen molar-refractivity contribution < 1.29 is 15.0 Å². The van der Waals surface area contributed by atoms with Crippen molar-refractivity contribution in [2.75, 3.05) is 32.8 Å². The third-order valence-electron chi connectivity index (χ3n) is 3.33. The molecule has 4 N–H and O–H groups in total. The summed E-state index contributed by atoms with van der Waals surface area (Å²) in [5.41, 5.74) is 5.30. The second-order valence-corrected chi connectivity index (χ2v) is 4.72. The predicted molar refractivity (Wildman–Crippen MR) is 72.1 cm³/mol. The number of carbonyl (C=O) groups excluding carboxylic acids is 1. The molecule has 0 atom stereocenters. The Hall–Kier alpha value is -0.650. The highest BCUT2D eigenvalue weighted by Gasteiger charge is 2.38. The van der Waals surface area contributed by atoms with Crippen LogP contribution in [0.5, 0.6) is 0 Å². The highest BCUT2D eigenvalue weighted by molar-refractivity contribution is 5.83. The SMILES string of the molecule is CCCC(CN)(CCC)C(=O)N(CCO)CCO. The van der Waals surface area contributed by atoms with Gasteiger partial charge in [-0.1, -0.05) is 26.7 Å². The monoisotopic (exact) mass is 260 g/mol. The van der Waals surface area contributed by atoms with E-state index in [1.165, 1.54) is 4.90 Å². The molecule has 0 aliphatic carbocycles. The lowest BCUT2D eigenvalue weighted by Gasteiger charge is -2.36. The fourth-order valence-corrected chi connectivity index (χ4v) is 2.48. The van der Waals surface area contributed by atoms with Gasteiger partial charge in [-0.05, 0) is 12.8 Å². The second-order valence-electron chi connectivity index (χ2n) is 4.72. The third kappa shape index (κ3) is 4.55. The maximum atomic E-state index is 12.6. The summed E-state index contributed by atoms with van der Waals surface area (Å²) in [7, 11) is 0. The van der Waals surface area contributed by atoms with Gasteiger partial charge in [0, 0.05) is 19.6 Å². The molecule has 108 valence electrons. The van der Waals surface area contributed by atoms with Crippen molar-refractivity contribution in [1.29, 1.82) is 0 Å². The summed E-state index contributed by atoms with van der Waals surface area (Å²) in [6, 6.07) is 0.